The van der Waals surface area contributed by atoms with E-state index in [0.29, 0.717) is 18.5 Å². The second-order valence-electron chi connectivity index (χ2n) is 6.70. The number of anilines is 3. The summed E-state index contributed by atoms with van der Waals surface area (Å²) in [6.45, 7) is 5.80. The lowest BCUT2D eigenvalue weighted by Gasteiger charge is -2.10. The van der Waals surface area contributed by atoms with Crippen molar-refractivity contribution in [2.45, 2.75) is 26.9 Å². The van der Waals surface area contributed by atoms with E-state index < -0.39 is 0 Å². The van der Waals surface area contributed by atoms with E-state index in [1.807, 2.05) is 54.6 Å². The SMILES string of the molecule is CC(C)CCNc1cnnc(Nc2ccc(OCc3ccccc3)cc2)n1. The molecule has 0 spiro atoms. The summed E-state index contributed by atoms with van der Waals surface area (Å²) in [7, 11) is 0. The molecule has 0 saturated carbocycles. The second kappa shape index (κ2) is 9.52. The molecule has 0 aliphatic carbocycles. The largest absolute Gasteiger partial charge is 0.489 e. The molecule has 3 rings (SSSR count). The van der Waals surface area contributed by atoms with Crippen molar-refractivity contribution < 1.29 is 4.74 Å². The van der Waals surface area contributed by atoms with E-state index >= 15 is 0 Å². The van der Waals surface area contributed by atoms with Gasteiger partial charge in [0.2, 0.25) is 5.95 Å². The maximum Gasteiger partial charge on any atom is 0.249 e. The molecule has 140 valence electrons. The average molecular weight is 363 g/mol. The molecule has 3 aromatic rings. The summed E-state index contributed by atoms with van der Waals surface area (Å²) in [6, 6.07) is 17.8. The lowest BCUT2D eigenvalue weighted by atomic mass is 10.1. The van der Waals surface area contributed by atoms with Crippen molar-refractivity contribution in [1.29, 1.82) is 0 Å². The Labute approximate surface area is 160 Å². The third-order valence-corrected chi connectivity index (χ3v) is 3.95. The fraction of sp³-hybridized carbons (Fsp3) is 0.286. The van der Waals surface area contributed by atoms with Crippen molar-refractivity contribution in [3.63, 3.8) is 0 Å². The zero-order valence-electron chi connectivity index (χ0n) is 15.7. The first kappa shape index (κ1) is 18.6. The van der Waals surface area contributed by atoms with Crippen molar-refractivity contribution in [3.05, 3.63) is 66.4 Å². The highest BCUT2D eigenvalue weighted by Gasteiger charge is 2.03. The van der Waals surface area contributed by atoms with Gasteiger partial charge in [0, 0.05) is 12.2 Å². The van der Waals surface area contributed by atoms with Crippen LogP contribution in [0.2, 0.25) is 0 Å². The van der Waals surface area contributed by atoms with Crippen LogP contribution in [0.3, 0.4) is 0 Å². The number of rotatable bonds is 9. The summed E-state index contributed by atoms with van der Waals surface area (Å²) in [5.74, 6) is 2.64. The van der Waals surface area contributed by atoms with E-state index in [4.69, 9.17) is 4.74 Å². The highest BCUT2D eigenvalue weighted by atomic mass is 16.5. The minimum Gasteiger partial charge on any atom is -0.489 e. The Morgan fingerprint density at radius 1 is 1.00 bits per heavy atom. The second-order valence-corrected chi connectivity index (χ2v) is 6.70. The maximum absolute atomic E-state index is 5.80. The van der Waals surface area contributed by atoms with Crippen molar-refractivity contribution in [2.75, 3.05) is 17.2 Å². The van der Waals surface area contributed by atoms with Gasteiger partial charge in [0.05, 0.1) is 6.20 Å². The highest BCUT2D eigenvalue weighted by Crippen LogP contribution is 2.19. The van der Waals surface area contributed by atoms with Crippen LogP contribution >= 0.6 is 0 Å². The van der Waals surface area contributed by atoms with E-state index in [-0.39, 0.29) is 0 Å². The summed E-state index contributed by atoms with van der Waals surface area (Å²) < 4.78 is 5.80. The predicted octanol–water partition coefficient (Wildman–Crippen LogP) is 4.65. The van der Waals surface area contributed by atoms with Gasteiger partial charge in [-0.15, -0.1) is 5.10 Å². The Bertz CT molecular complexity index is 821. The van der Waals surface area contributed by atoms with Crippen LogP contribution in [-0.2, 0) is 6.61 Å². The van der Waals surface area contributed by atoms with Crippen molar-refractivity contribution in [1.82, 2.24) is 15.2 Å². The Balaban J connectivity index is 1.53. The smallest absolute Gasteiger partial charge is 0.249 e. The fourth-order valence-corrected chi connectivity index (χ4v) is 2.44. The zero-order chi connectivity index (χ0) is 18.9. The number of hydrogen-bond donors (Lipinski definition) is 2. The van der Waals surface area contributed by atoms with E-state index in [2.05, 4.69) is 39.7 Å². The van der Waals surface area contributed by atoms with Gasteiger partial charge >= 0.3 is 0 Å². The fourth-order valence-electron chi connectivity index (χ4n) is 2.44. The summed E-state index contributed by atoms with van der Waals surface area (Å²) in [5, 5.41) is 14.5. The van der Waals surface area contributed by atoms with Crippen LogP contribution in [0.15, 0.2) is 60.8 Å². The van der Waals surface area contributed by atoms with Crippen molar-refractivity contribution >= 4 is 17.5 Å². The lowest BCUT2D eigenvalue weighted by Crippen LogP contribution is -2.08. The molecule has 2 aromatic carbocycles. The molecule has 6 nitrogen and oxygen atoms in total. The van der Waals surface area contributed by atoms with Crippen molar-refractivity contribution in [3.8, 4) is 5.75 Å². The first-order valence-corrected chi connectivity index (χ1v) is 9.16. The van der Waals surface area contributed by atoms with Gasteiger partial charge in [0.1, 0.15) is 12.4 Å². The third-order valence-electron chi connectivity index (χ3n) is 3.95. The zero-order valence-corrected chi connectivity index (χ0v) is 15.7. The number of benzene rings is 2. The average Bonchev–Trinajstić information content (AvgIpc) is 2.68. The van der Waals surface area contributed by atoms with Crippen LogP contribution in [0, 0.1) is 5.92 Å². The Kier molecular flexibility index (Phi) is 6.57. The van der Waals surface area contributed by atoms with Crippen LogP contribution in [0.1, 0.15) is 25.8 Å². The van der Waals surface area contributed by atoms with Gasteiger partial charge in [-0.25, -0.2) is 0 Å². The van der Waals surface area contributed by atoms with Gasteiger partial charge in [0.25, 0.3) is 0 Å². The van der Waals surface area contributed by atoms with E-state index in [1.54, 1.807) is 6.20 Å². The summed E-state index contributed by atoms with van der Waals surface area (Å²) in [5.41, 5.74) is 2.02. The summed E-state index contributed by atoms with van der Waals surface area (Å²) in [4.78, 5) is 4.44. The lowest BCUT2D eigenvalue weighted by molar-refractivity contribution is 0.306. The number of nitrogens with one attached hydrogen (secondary N) is 2. The number of aromatic nitrogens is 3. The monoisotopic (exact) mass is 363 g/mol. The summed E-state index contributed by atoms with van der Waals surface area (Å²) >= 11 is 0. The number of nitrogens with zero attached hydrogens (tertiary/aromatic N) is 3. The molecule has 0 radical (unpaired) electrons. The molecule has 0 atom stereocenters. The standard InChI is InChI=1S/C21H25N5O/c1-16(2)12-13-22-20-14-23-26-21(25-20)24-18-8-10-19(11-9-18)27-15-17-6-4-3-5-7-17/h3-11,14,16H,12-13,15H2,1-2H3,(H2,22,24,25,26). The molecule has 0 fully saturated rings. The van der Waals surface area contributed by atoms with Gasteiger partial charge in [-0.3, -0.25) is 0 Å². The van der Waals surface area contributed by atoms with Crippen LogP contribution in [0.25, 0.3) is 0 Å². The van der Waals surface area contributed by atoms with Crippen LogP contribution < -0.4 is 15.4 Å². The Morgan fingerprint density at radius 2 is 1.78 bits per heavy atom. The number of hydrogen-bond acceptors (Lipinski definition) is 6. The molecular formula is C21H25N5O. The van der Waals surface area contributed by atoms with E-state index in [9.17, 15) is 0 Å². The maximum atomic E-state index is 5.80. The molecule has 27 heavy (non-hydrogen) atoms. The van der Waals surface area contributed by atoms with Gasteiger partial charge in [-0.1, -0.05) is 44.2 Å². The van der Waals surface area contributed by atoms with Gasteiger partial charge in [0.15, 0.2) is 5.82 Å². The number of ether oxygens (including phenoxy) is 1. The molecule has 0 saturated heterocycles. The minimum atomic E-state index is 0.461. The van der Waals surface area contributed by atoms with E-state index in [1.165, 1.54) is 0 Å². The highest BCUT2D eigenvalue weighted by molar-refractivity contribution is 5.55. The van der Waals surface area contributed by atoms with Gasteiger partial charge in [-0.2, -0.15) is 10.1 Å². The minimum absolute atomic E-state index is 0.461. The molecule has 0 aliphatic rings. The van der Waals surface area contributed by atoms with Gasteiger partial charge < -0.3 is 15.4 Å². The molecule has 0 bridgehead atoms. The Hall–Kier alpha value is -3.15. The molecular weight excluding hydrogens is 338 g/mol. The first-order chi connectivity index (χ1) is 13.2. The van der Waals surface area contributed by atoms with Crippen LogP contribution in [-0.4, -0.2) is 21.7 Å². The van der Waals surface area contributed by atoms with E-state index in [0.717, 1.165) is 35.8 Å². The molecule has 6 heteroatoms. The molecule has 0 amide bonds. The molecule has 1 heterocycles. The Morgan fingerprint density at radius 3 is 2.52 bits per heavy atom. The molecule has 0 aliphatic heterocycles. The normalized spacial score (nSPS) is 10.6. The van der Waals surface area contributed by atoms with Gasteiger partial charge in [-0.05, 0) is 42.2 Å². The van der Waals surface area contributed by atoms with Crippen LogP contribution in [0.5, 0.6) is 5.75 Å². The first-order valence-electron chi connectivity index (χ1n) is 9.16. The molecule has 1 aromatic heterocycles. The quantitative estimate of drug-likeness (QED) is 0.576. The van der Waals surface area contributed by atoms with Crippen molar-refractivity contribution in [2.24, 2.45) is 5.92 Å². The third kappa shape index (κ3) is 6.26. The predicted molar refractivity (Wildman–Crippen MR) is 108 cm³/mol. The van der Waals surface area contributed by atoms with Crippen LogP contribution in [0.4, 0.5) is 17.5 Å². The topological polar surface area (TPSA) is 72.0 Å². The molecule has 2 N–H and O–H groups in total. The molecule has 0 unspecified atom stereocenters. The summed E-state index contributed by atoms with van der Waals surface area (Å²) in [6.07, 6.45) is 2.71.